The second-order valence-corrected chi connectivity index (χ2v) is 7.68. The van der Waals surface area contributed by atoms with E-state index in [1.54, 1.807) is 6.07 Å². The van der Waals surface area contributed by atoms with Crippen molar-refractivity contribution in [1.29, 1.82) is 0 Å². The van der Waals surface area contributed by atoms with Crippen molar-refractivity contribution in [1.82, 2.24) is 5.32 Å². The van der Waals surface area contributed by atoms with Crippen molar-refractivity contribution in [3.63, 3.8) is 0 Å². The average Bonchev–Trinajstić information content (AvgIpc) is 3.09. The number of hydrogen-bond donors (Lipinski definition) is 1. The van der Waals surface area contributed by atoms with Crippen molar-refractivity contribution in [3.05, 3.63) is 64.1 Å². The maximum atomic E-state index is 12.8. The van der Waals surface area contributed by atoms with Gasteiger partial charge in [-0.15, -0.1) is 0 Å². The summed E-state index contributed by atoms with van der Waals surface area (Å²) in [7, 11) is 0. The topological polar surface area (TPSA) is 32.3 Å². The van der Waals surface area contributed by atoms with Crippen LogP contribution in [0.2, 0.25) is 0 Å². The molecule has 7 heteroatoms. The lowest BCUT2D eigenvalue weighted by Crippen LogP contribution is -2.32. The summed E-state index contributed by atoms with van der Waals surface area (Å²) in [5.74, 6) is 0.0738. The number of hydrogen-bond acceptors (Lipinski definition) is 2. The highest BCUT2D eigenvalue weighted by molar-refractivity contribution is 9.10. The van der Waals surface area contributed by atoms with Gasteiger partial charge in [-0.2, -0.15) is 13.2 Å². The van der Waals surface area contributed by atoms with Crippen LogP contribution in [-0.2, 0) is 17.4 Å². The van der Waals surface area contributed by atoms with Crippen molar-refractivity contribution >= 4 is 27.5 Å². The smallest absolute Gasteiger partial charge is 0.371 e. The zero-order chi connectivity index (χ0) is 19.4. The number of nitrogens with one attached hydrogen (secondary N) is 1. The van der Waals surface area contributed by atoms with Crippen molar-refractivity contribution in [2.24, 2.45) is 5.92 Å². The van der Waals surface area contributed by atoms with E-state index in [1.807, 2.05) is 12.1 Å². The largest absolute Gasteiger partial charge is 0.416 e. The summed E-state index contributed by atoms with van der Waals surface area (Å²) in [4.78, 5) is 14.4. The van der Waals surface area contributed by atoms with Crippen molar-refractivity contribution < 1.29 is 18.0 Å². The number of benzene rings is 2. The van der Waals surface area contributed by atoms with Crippen LogP contribution < -0.4 is 10.2 Å². The summed E-state index contributed by atoms with van der Waals surface area (Å²) in [6, 6.07) is 13.0. The normalized spacial score (nSPS) is 17.2. The quantitative estimate of drug-likeness (QED) is 0.733. The fraction of sp³-hybridized carbons (Fsp3) is 0.350. The third-order valence-corrected chi connectivity index (χ3v) is 5.16. The summed E-state index contributed by atoms with van der Waals surface area (Å²) in [6.45, 7) is 2.30. The summed E-state index contributed by atoms with van der Waals surface area (Å²) >= 11 is 3.47. The molecule has 2 aromatic carbocycles. The molecular weight excluding hydrogens is 421 g/mol. The molecule has 1 heterocycles. The Morgan fingerprint density at radius 2 is 1.96 bits per heavy atom. The van der Waals surface area contributed by atoms with Gasteiger partial charge in [-0.05, 0) is 42.2 Å². The second kappa shape index (κ2) is 8.33. The lowest BCUT2D eigenvalue weighted by molar-refractivity contribution is -0.137. The SMILES string of the molecule is O=C(Cc1cccc(C(F)(F)F)c1)NCC1CCN(c2cccc(Br)c2)C1. The fourth-order valence-corrected chi connectivity index (χ4v) is 3.66. The highest BCUT2D eigenvalue weighted by Crippen LogP contribution is 2.29. The first-order valence-corrected chi connectivity index (χ1v) is 9.54. The van der Waals surface area contributed by atoms with Crippen molar-refractivity contribution in [2.75, 3.05) is 24.5 Å². The van der Waals surface area contributed by atoms with Crippen LogP contribution in [0.15, 0.2) is 53.0 Å². The summed E-state index contributed by atoms with van der Waals surface area (Å²) in [5, 5.41) is 2.86. The maximum Gasteiger partial charge on any atom is 0.416 e. The Bertz CT molecular complexity index is 810. The van der Waals surface area contributed by atoms with Gasteiger partial charge in [0.25, 0.3) is 0 Å². The van der Waals surface area contributed by atoms with E-state index in [2.05, 4.69) is 38.3 Å². The van der Waals surface area contributed by atoms with Crippen LogP contribution in [-0.4, -0.2) is 25.5 Å². The van der Waals surface area contributed by atoms with Gasteiger partial charge in [-0.3, -0.25) is 4.79 Å². The molecule has 1 atom stereocenters. The standard InChI is InChI=1S/C20H20BrF3N2O/c21-17-5-2-6-18(11-17)26-8-7-15(13-26)12-25-19(27)10-14-3-1-4-16(9-14)20(22,23)24/h1-6,9,11,15H,7-8,10,12-13H2,(H,25,27). The summed E-state index contributed by atoms with van der Waals surface area (Å²) < 4.78 is 39.3. The van der Waals surface area contributed by atoms with E-state index >= 15 is 0 Å². The van der Waals surface area contributed by atoms with E-state index in [9.17, 15) is 18.0 Å². The lowest BCUT2D eigenvalue weighted by Gasteiger charge is -2.19. The summed E-state index contributed by atoms with van der Waals surface area (Å²) in [5.41, 5.74) is 0.778. The number of nitrogens with zero attached hydrogens (tertiary/aromatic N) is 1. The number of anilines is 1. The average molecular weight is 441 g/mol. The van der Waals surface area contributed by atoms with Gasteiger partial charge >= 0.3 is 6.18 Å². The number of amides is 1. The number of rotatable bonds is 5. The van der Waals surface area contributed by atoms with Gasteiger partial charge in [0.1, 0.15) is 0 Å². The molecule has 27 heavy (non-hydrogen) atoms. The third-order valence-electron chi connectivity index (χ3n) is 4.67. The van der Waals surface area contributed by atoms with E-state index in [4.69, 9.17) is 0 Å². The number of carbonyl (C=O) groups is 1. The third kappa shape index (κ3) is 5.48. The van der Waals surface area contributed by atoms with E-state index in [0.29, 0.717) is 18.0 Å². The Hall–Kier alpha value is -2.02. The molecule has 1 fully saturated rings. The number of carbonyl (C=O) groups excluding carboxylic acids is 1. The Morgan fingerprint density at radius 1 is 1.19 bits per heavy atom. The van der Waals surface area contributed by atoms with Gasteiger partial charge in [0.2, 0.25) is 5.91 Å². The maximum absolute atomic E-state index is 12.8. The predicted octanol–water partition coefficient (Wildman–Crippen LogP) is 4.65. The highest BCUT2D eigenvalue weighted by atomic mass is 79.9. The predicted molar refractivity (Wildman–Crippen MR) is 103 cm³/mol. The zero-order valence-corrected chi connectivity index (χ0v) is 16.2. The van der Waals surface area contributed by atoms with E-state index < -0.39 is 11.7 Å². The Balaban J connectivity index is 1.49. The monoisotopic (exact) mass is 440 g/mol. The van der Waals surface area contributed by atoms with Gasteiger partial charge in [0.15, 0.2) is 0 Å². The second-order valence-electron chi connectivity index (χ2n) is 6.76. The van der Waals surface area contributed by atoms with Crippen LogP contribution in [0.5, 0.6) is 0 Å². The van der Waals surface area contributed by atoms with E-state index in [1.165, 1.54) is 6.07 Å². The molecule has 1 N–H and O–H groups in total. The van der Waals surface area contributed by atoms with Crippen LogP contribution in [0.4, 0.5) is 18.9 Å². The first kappa shape index (κ1) is 19.7. The molecule has 3 rings (SSSR count). The van der Waals surface area contributed by atoms with Gasteiger partial charge in [0, 0.05) is 29.8 Å². The van der Waals surface area contributed by atoms with Crippen molar-refractivity contribution in [2.45, 2.75) is 19.0 Å². The van der Waals surface area contributed by atoms with E-state index in [0.717, 1.165) is 41.8 Å². The molecule has 3 nitrogen and oxygen atoms in total. The minimum Gasteiger partial charge on any atom is -0.371 e. The van der Waals surface area contributed by atoms with Gasteiger partial charge < -0.3 is 10.2 Å². The molecule has 0 spiro atoms. The van der Waals surface area contributed by atoms with Gasteiger partial charge in [0.05, 0.1) is 12.0 Å². The molecule has 0 aliphatic carbocycles. The Morgan fingerprint density at radius 3 is 2.70 bits per heavy atom. The van der Waals surface area contributed by atoms with E-state index in [-0.39, 0.29) is 12.3 Å². The molecule has 1 unspecified atom stereocenters. The summed E-state index contributed by atoms with van der Waals surface area (Å²) in [6.07, 6.45) is -3.48. The Labute approximate surface area is 164 Å². The van der Waals surface area contributed by atoms with Gasteiger partial charge in [-0.25, -0.2) is 0 Å². The highest BCUT2D eigenvalue weighted by Gasteiger charge is 2.30. The molecule has 0 saturated carbocycles. The minimum atomic E-state index is -4.40. The fourth-order valence-electron chi connectivity index (χ4n) is 3.27. The number of alkyl halides is 3. The molecule has 1 amide bonds. The number of halogens is 4. The molecule has 1 aliphatic rings. The molecule has 0 radical (unpaired) electrons. The van der Waals surface area contributed by atoms with Crippen LogP contribution in [0.1, 0.15) is 17.5 Å². The molecular formula is C20H20BrF3N2O. The molecule has 2 aromatic rings. The van der Waals surface area contributed by atoms with Crippen LogP contribution >= 0.6 is 15.9 Å². The minimum absolute atomic E-state index is 0.0496. The first-order chi connectivity index (χ1) is 12.8. The molecule has 0 aromatic heterocycles. The molecule has 0 bridgehead atoms. The molecule has 1 aliphatic heterocycles. The lowest BCUT2D eigenvalue weighted by atomic mass is 10.1. The molecule has 1 saturated heterocycles. The van der Waals surface area contributed by atoms with Crippen LogP contribution in [0, 0.1) is 5.92 Å². The molecule has 144 valence electrons. The van der Waals surface area contributed by atoms with Crippen LogP contribution in [0.25, 0.3) is 0 Å². The van der Waals surface area contributed by atoms with Gasteiger partial charge in [-0.1, -0.05) is 40.2 Å². The Kier molecular flexibility index (Phi) is 6.09. The first-order valence-electron chi connectivity index (χ1n) is 8.74. The van der Waals surface area contributed by atoms with Crippen molar-refractivity contribution in [3.8, 4) is 0 Å². The zero-order valence-electron chi connectivity index (χ0n) is 14.6. The van der Waals surface area contributed by atoms with Crippen LogP contribution in [0.3, 0.4) is 0 Å².